The van der Waals surface area contributed by atoms with Crippen molar-refractivity contribution in [1.82, 2.24) is 0 Å². The molecular formula is C91H92N4O22. The zero-order valence-electron chi connectivity index (χ0n) is 65.4. The van der Waals surface area contributed by atoms with Gasteiger partial charge in [-0.2, -0.15) is 20.4 Å². The van der Waals surface area contributed by atoms with Crippen molar-refractivity contribution in [3.63, 3.8) is 0 Å². The second-order valence-electron chi connectivity index (χ2n) is 24.9. The second-order valence-corrected chi connectivity index (χ2v) is 24.9. The average molecular weight is 1590 g/mol. The van der Waals surface area contributed by atoms with Gasteiger partial charge in [-0.05, 0) is 281 Å². The number of methoxy groups -OCH3 is 1. The van der Waals surface area contributed by atoms with Crippen molar-refractivity contribution in [2.75, 3.05) is 60.0 Å². The molecule has 0 aromatic heterocycles. The quantitative estimate of drug-likeness (QED) is 0.00650. The lowest BCUT2D eigenvalue weighted by Crippen LogP contribution is -2.13. The lowest BCUT2D eigenvalue weighted by molar-refractivity contribution is -0.138. The molecule has 8 aromatic rings. The monoisotopic (exact) mass is 1590 g/mol. The van der Waals surface area contributed by atoms with Crippen molar-refractivity contribution in [2.45, 2.75) is 84.5 Å². The molecule has 8 aromatic carbocycles. The third-order valence-corrected chi connectivity index (χ3v) is 16.4. The molecule has 0 saturated heterocycles. The molecule has 0 aliphatic rings. The highest BCUT2D eigenvalue weighted by atomic mass is 16.6. The van der Waals surface area contributed by atoms with Gasteiger partial charge in [0, 0.05) is 24.3 Å². The first-order chi connectivity index (χ1) is 56.9. The van der Waals surface area contributed by atoms with E-state index in [-0.39, 0.29) is 23.5 Å². The van der Waals surface area contributed by atoms with Crippen LogP contribution in [0.3, 0.4) is 0 Å². The molecule has 0 atom stereocenters. The highest BCUT2D eigenvalue weighted by molar-refractivity contribution is 6.04. The minimum absolute atomic E-state index is 0.00264. The van der Waals surface area contributed by atoms with E-state index in [0.29, 0.717) is 166 Å². The number of esters is 9. The number of hydrogen-bond acceptors (Lipinski definition) is 26. The summed E-state index contributed by atoms with van der Waals surface area (Å²) in [7, 11) is 1.21. The number of carbonyl (C=O) groups is 9. The van der Waals surface area contributed by atoms with E-state index < -0.39 is 53.7 Å². The van der Waals surface area contributed by atoms with Gasteiger partial charge in [0.15, 0.2) is 0 Å². The van der Waals surface area contributed by atoms with Crippen LogP contribution < -0.4 is 37.9 Å². The van der Waals surface area contributed by atoms with Gasteiger partial charge in [-0.25, -0.2) is 43.2 Å². The summed E-state index contributed by atoms with van der Waals surface area (Å²) in [6.07, 6.45) is 15.0. The van der Waals surface area contributed by atoms with Gasteiger partial charge in [0.25, 0.3) is 0 Å². The summed E-state index contributed by atoms with van der Waals surface area (Å²) in [4.78, 5) is 108. The molecular weight excluding hydrogens is 1500 g/mol. The summed E-state index contributed by atoms with van der Waals surface area (Å²) in [5.74, 6) is -1.22. The summed E-state index contributed by atoms with van der Waals surface area (Å²) in [6.45, 7) is 20.4. The summed E-state index contributed by atoms with van der Waals surface area (Å²) in [5, 5.41) is 17.2. The molecule has 8 rings (SSSR count). The van der Waals surface area contributed by atoms with Crippen LogP contribution in [-0.2, 0) is 42.9 Å². The summed E-state index contributed by atoms with van der Waals surface area (Å²) in [5.41, 5.74) is 5.72. The number of rotatable bonds is 46. The van der Waals surface area contributed by atoms with Crippen molar-refractivity contribution in [1.29, 1.82) is 0 Å². The maximum absolute atomic E-state index is 12.9. The van der Waals surface area contributed by atoms with E-state index in [1.54, 1.807) is 152 Å². The topological polar surface area (TPSA) is 323 Å². The van der Waals surface area contributed by atoms with Gasteiger partial charge in [0.05, 0.1) is 106 Å². The zero-order chi connectivity index (χ0) is 83.8. The largest absolute Gasteiger partial charge is 0.494 e. The Morgan fingerprint density at radius 3 is 0.880 bits per heavy atom. The third-order valence-electron chi connectivity index (χ3n) is 16.4. The van der Waals surface area contributed by atoms with Crippen LogP contribution in [0.25, 0.3) is 0 Å². The molecule has 117 heavy (non-hydrogen) atoms. The standard InChI is InChI=1S/C46H48N2O10.C45H44N2O12/c1-5-41(33-13-25-39(26-14-33)57-45(51)35-17-21-37(22-18-35)53-29-9-11-31-55-43(49)7-3)47-48-42(6-2)34-15-27-40(28-16-34)58-46(52)36-19-23-38(24-20-36)54-30-10-12-32-56-44(50)8-4;1-4-41(48)56-27-8-6-7-25-54-36-20-14-34(15-21-36)43(50)58-38-18-11-32(12-19-38)30-46-47-31-33-13-24-40(39(29-33)45(52)53-3)59-44(51)35-16-22-37(23-17-35)55-26-9-10-28-57-42(49)5-2/h7-8,13-28H,3-6,9-12,29-32H2,1-2H3;4-5,11-24,29-31H,1-2,6-10,25-28H2,3H3/b47-41+,48-42+;46-30+,47-31+. The van der Waals surface area contributed by atoms with Gasteiger partial charge in [-0.15, -0.1) is 0 Å². The predicted molar refractivity (Wildman–Crippen MR) is 440 cm³/mol. The van der Waals surface area contributed by atoms with Gasteiger partial charge in [-0.3, -0.25) is 0 Å². The molecule has 0 radical (unpaired) electrons. The van der Waals surface area contributed by atoms with Gasteiger partial charge in [-0.1, -0.05) is 40.2 Å². The molecule has 0 bridgehead atoms. The Morgan fingerprint density at radius 1 is 0.299 bits per heavy atom. The van der Waals surface area contributed by atoms with E-state index in [0.717, 1.165) is 66.1 Å². The minimum Gasteiger partial charge on any atom is -0.494 e. The molecule has 26 heteroatoms. The fourth-order valence-electron chi connectivity index (χ4n) is 10.1. The van der Waals surface area contributed by atoms with Crippen LogP contribution in [0.4, 0.5) is 0 Å². The van der Waals surface area contributed by atoms with E-state index in [1.807, 2.05) is 38.1 Å². The number of ether oxygens (including phenoxy) is 13. The average Bonchev–Trinajstić information content (AvgIpc) is 0.835. The summed E-state index contributed by atoms with van der Waals surface area (Å²) < 4.78 is 69.6. The number of benzene rings is 8. The molecule has 0 fully saturated rings. The van der Waals surface area contributed by atoms with Crippen LogP contribution in [-0.4, -0.2) is 138 Å². The fourth-order valence-corrected chi connectivity index (χ4v) is 10.1. The Balaban J connectivity index is 0.000000323. The van der Waals surface area contributed by atoms with Crippen molar-refractivity contribution < 1.29 is 105 Å². The van der Waals surface area contributed by atoms with Crippen LogP contribution >= 0.6 is 0 Å². The van der Waals surface area contributed by atoms with Gasteiger partial charge in [0.1, 0.15) is 51.6 Å². The maximum Gasteiger partial charge on any atom is 0.343 e. The maximum atomic E-state index is 12.9. The molecule has 608 valence electrons. The molecule has 26 nitrogen and oxygen atoms in total. The fraction of sp³-hybridized carbons (Fsp3) is 0.242. The number of hydrogen-bond donors (Lipinski definition) is 0. The molecule has 0 aliphatic heterocycles. The van der Waals surface area contributed by atoms with E-state index in [1.165, 1.54) is 31.7 Å². The van der Waals surface area contributed by atoms with Gasteiger partial charge >= 0.3 is 53.7 Å². The number of carbonyl (C=O) groups excluding carboxylic acids is 9. The molecule has 0 N–H and O–H groups in total. The SMILES string of the molecule is C=CC(=O)OCCCCCOc1ccc(C(=O)Oc2ccc(/C=N/N=C/c3ccc(OC(=O)c4ccc(OCCCCOC(=O)C=C)cc4)c(C(=O)OC)c3)cc2)cc1.C=CC(=O)OCCCCOc1ccc(C(=O)Oc2ccc(/C(CC)=N/N=C(\CC)c3ccc(OC(=O)c4ccc(OCCCCOC(=O)C=C)cc4)cc3)cc2)cc1. The Labute approximate surface area is 678 Å². The highest BCUT2D eigenvalue weighted by Gasteiger charge is 2.20. The molecule has 0 heterocycles. The minimum atomic E-state index is -0.716. The Hall–Kier alpha value is -14.2. The van der Waals surface area contributed by atoms with E-state index in [9.17, 15) is 43.2 Å². The van der Waals surface area contributed by atoms with Gasteiger partial charge in [0.2, 0.25) is 0 Å². The Kier molecular flexibility index (Phi) is 39.0. The van der Waals surface area contributed by atoms with E-state index >= 15 is 0 Å². The second kappa shape index (κ2) is 50.7. The smallest absolute Gasteiger partial charge is 0.343 e. The number of unbranched alkanes of at least 4 members (excludes halogenated alkanes) is 5. The predicted octanol–water partition coefficient (Wildman–Crippen LogP) is 16.4. The normalized spacial score (nSPS) is 11.0. The van der Waals surface area contributed by atoms with Crippen LogP contribution in [0.2, 0.25) is 0 Å². The molecule has 0 spiro atoms. The Bertz CT molecular complexity index is 4600. The van der Waals surface area contributed by atoms with Crippen LogP contribution in [0.5, 0.6) is 46.0 Å². The first-order valence-electron chi connectivity index (χ1n) is 37.6. The van der Waals surface area contributed by atoms with Crippen molar-refractivity contribution in [3.8, 4) is 46.0 Å². The lowest BCUT2D eigenvalue weighted by atomic mass is 10.1. The first kappa shape index (κ1) is 90.0. The van der Waals surface area contributed by atoms with Crippen molar-refractivity contribution in [3.05, 3.63) is 289 Å². The zero-order valence-corrected chi connectivity index (χ0v) is 65.4. The lowest BCUT2D eigenvalue weighted by Gasteiger charge is -2.10. The van der Waals surface area contributed by atoms with Gasteiger partial charge < -0.3 is 61.6 Å². The first-order valence-corrected chi connectivity index (χ1v) is 37.6. The summed E-state index contributed by atoms with van der Waals surface area (Å²) >= 11 is 0. The van der Waals surface area contributed by atoms with Crippen LogP contribution in [0.1, 0.15) is 159 Å². The molecule has 0 amide bonds. The molecule has 0 unspecified atom stereocenters. The third kappa shape index (κ3) is 32.8. The highest BCUT2D eigenvalue weighted by Crippen LogP contribution is 2.26. The number of nitrogens with zero attached hydrogens (tertiary/aromatic N) is 4. The Morgan fingerprint density at radius 2 is 0.564 bits per heavy atom. The van der Waals surface area contributed by atoms with E-state index in [2.05, 4.69) is 46.7 Å². The van der Waals surface area contributed by atoms with Crippen LogP contribution in [0, 0.1) is 0 Å². The van der Waals surface area contributed by atoms with Crippen molar-refractivity contribution >= 4 is 77.6 Å². The summed E-state index contributed by atoms with van der Waals surface area (Å²) in [6, 6.07) is 51.7. The molecule has 0 saturated carbocycles. The van der Waals surface area contributed by atoms with Crippen molar-refractivity contribution in [2.24, 2.45) is 20.4 Å². The van der Waals surface area contributed by atoms with E-state index in [4.69, 9.17) is 61.6 Å². The van der Waals surface area contributed by atoms with Crippen LogP contribution in [0.15, 0.2) is 259 Å². The molecule has 0 aliphatic carbocycles.